The van der Waals surface area contributed by atoms with Gasteiger partial charge in [0.15, 0.2) is 0 Å². The Morgan fingerprint density at radius 3 is 3.00 bits per heavy atom. The number of carbonyl (C=O) groups is 1. The molecule has 0 fully saturated rings. The van der Waals surface area contributed by atoms with Gasteiger partial charge in [0.1, 0.15) is 11.5 Å². The Morgan fingerprint density at radius 1 is 1.77 bits per heavy atom. The number of imidazole rings is 1. The molecule has 13 heavy (non-hydrogen) atoms. The highest BCUT2D eigenvalue weighted by Gasteiger charge is 2.12. The van der Waals surface area contributed by atoms with Crippen LogP contribution >= 0.6 is 0 Å². The van der Waals surface area contributed by atoms with E-state index in [1.165, 1.54) is 13.3 Å². The number of methoxy groups -OCH3 is 1. The maximum absolute atomic E-state index is 11.1. The van der Waals surface area contributed by atoms with Gasteiger partial charge >= 0.3 is 5.97 Å². The molecule has 1 aromatic rings. The summed E-state index contributed by atoms with van der Waals surface area (Å²) in [7, 11) is 3.11. The highest BCUT2D eigenvalue weighted by atomic mass is 16.5. The molecule has 0 radical (unpaired) electrons. The second kappa shape index (κ2) is 4.04. The summed E-state index contributed by atoms with van der Waals surface area (Å²) in [5, 5.41) is 0. The molecule has 5 heteroatoms. The van der Waals surface area contributed by atoms with Gasteiger partial charge in [0.05, 0.1) is 13.3 Å². The van der Waals surface area contributed by atoms with Crippen molar-refractivity contribution in [3.63, 3.8) is 0 Å². The van der Waals surface area contributed by atoms with Crippen LogP contribution in [0.4, 0.5) is 0 Å². The minimum absolute atomic E-state index is 0.377. The first kappa shape index (κ1) is 9.73. The van der Waals surface area contributed by atoms with E-state index in [9.17, 15) is 4.79 Å². The quantitative estimate of drug-likeness (QED) is 0.653. The van der Waals surface area contributed by atoms with Gasteiger partial charge in [-0.2, -0.15) is 0 Å². The number of nitrogens with zero attached hydrogens (tertiary/aromatic N) is 2. The summed E-state index contributed by atoms with van der Waals surface area (Å²) in [5.41, 5.74) is 5.83. The molecular weight excluding hydrogens is 170 g/mol. The number of hydrogen-bond acceptors (Lipinski definition) is 4. The lowest BCUT2D eigenvalue weighted by atomic mass is 10.4. The molecule has 0 unspecified atom stereocenters. The summed E-state index contributed by atoms with van der Waals surface area (Å²) in [6.45, 7) is 0.519. The Balaban J connectivity index is 2.92. The third-order valence-corrected chi connectivity index (χ3v) is 1.85. The van der Waals surface area contributed by atoms with E-state index in [-0.39, 0.29) is 5.97 Å². The highest BCUT2D eigenvalue weighted by molar-refractivity contribution is 5.87. The molecule has 0 aliphatic carbocycles. The van der Waals surface area contributed by atoms with Crippen LogP contribution < -0.4 is 5.73 Å². The molecule has 2 N–H and O–H groups in total. The summed E-state index contributed by atoms with van der Waals surface area (Å²) in [5.74, 6) is 0.418. The summed E-state index contributed by atoms with van der Waals surface area (Å²) < 4.78 is 6.27. The van der Waals surface area contributed by atoms with Gasteiger partial charge in [-0.25, -0.2) is 9.78 Å². The summed E-state index contributed by atoms with van der Waals surface area (Å²) in [6, 6.07) is 0. The van der Waals surface area contributed by atoms with E-state index in [0.29, 0.717) is 18.7 Å². The molecule has 0 spiro atoms. The van der Waals surface area contributed by atoms with Crippen LogP contribution in [0.2, 0.25) is 0 Å². The number of carbonyl (C=O) groups excluding carboxylic acids is 1. The van der Waals surface area contributed by atoms with E-state index >= 15 is 0 Å². The number of hydrogen-bond donors (Lipinski definition) is 1. The fourth-order valence-electron chi connectivity index (χ4n) is 1.10. The first-order valence-electron chi connectivity index (χ1n) is 3.99. The minimum atomic E-state index is -0.377. The Morgan fingerprint density at radius 2 is 2.46 bits per heavy atom. The topological polar surface area (TPSA) is 70.1 Å². The van der Waals surface area contributed by atoms with Gasteiger partial charge in [0, 0.05) is 13.5 Å². The predicted octanol–water partition coefficient (Wildman–Crippen LogP) is -0.292. The molecule has 1 aromatic heterocycles. The SMILES string of the molecule is COC(=O)c1cnc(CCN)n1C. The van der Waals surface area contributed by atoms with Crippen molar-refractivity contribution in [2.75, 3.05) is 13.7 Å². The number of aromatic nitrogens is 2. The molecule has 0 bridgehead atoms. The molecule has 0 saturated carbocycles. The fourth-order valence-corrected chi connectivity index (χ4v) is 1.10. The molecule has 0 saturated heterocycles. The zero-order valence-corrected chi connectivity index (χ0v) is 7.78. The van der Waals surface area contributed by atoms with Crippen LogP contribution in [0.15, 0.2) is 6.20 Å². The third-order valence-electron chi connectivity index (χ3n) is 1.85. The molecule has 5 nitrogen and oxygen atoms in total. The second-order valence-electron chi connectivity index (χ2n) is 2.65. The van der Waals surface area contributed by atoms with Crippen molar-refractivity contribution in [3.05, 3.63) is 17.7 Å². The van der Waals surface area contributed by atoms with E-state index in [1.54, 1.807) is 11.6 Å². The van der Waals surface area contributed by atoms with Gasteiger partial charge in [-0.1, -0.05) is 0 Å². The maximum atomic E-state index is 11.1. The lowest BCUT2D eigenvalue weighted by Crippen LogP contribution is -2.12. The monoisotopic (exact) mass is 183 g/mol. The van der Waals surface area contributed by atoms with Crippen molar-refractivity contribution >= 4 is 5.97 Å². The largest absolute Gasteiger partial charge is 0.464 e. The third kappa shape index (κ3) is 1.86. The lowest BCUT2D eigenvalue weighted by molar-refractivity contribution is 0.0589. The molecule has 0 amide bonds. The first-order chi connectivity index (χ1) is 6.20. The molecule has 0 atom stereocenters. The van der Waals surface area contributed by atoms with E-state index in [1.807, 2.05) is 0 Å². The molecule has 0 aromatic carbocycles. The Labute approximate surface area is 76.5 Å². The van der Waals surface area contributed by atoms with Crippen LogP contribution in [0, 0.1) is 0 Å². The number of nitrogens with two attached hydrogens (primary N) is 1. The van der Waals surface area contributed by atoms with Gasteiger partial charge in [0.25, 0.3) is 0 Å². The van der Waals surface area contributed by atoms with Crippen molar-refractivity contribution in [2.45, 2.75) is 6.42 Å². The van der Waals surface area contributed by atoms with Crippen molar-refractivity contribution in [2.24, 2.45) is 12.8 Å². The standard InChI is InChI=1S/C8H13N3O2/c1-11-6(8(12)13-2)5-10-7(11)3-4-9/h5H,3-4,9H2,1-2H3. The summed E-state index contributed by atoms with van der Waals surface area (Å²) in [4.78, 5) is 15.2. The van der Waals surface area contributed by atoms with Crippen LogP contribution in [0.5, 0.6) is 0 Å². The Bertz CT molecular complexity index is 306. The van der Waals surface area contributed by atoms with Crippen LogP contribution in [-0.2, 0) is 18.2 Å². The van der Waals surface area contributed by atoms with Gasteiger partial charge in [-0.15, -0.1) is 0 Å². The molecule has 0 aliphatic heterocycles. The average Bonchev–Trinajstić information content (AvgIpc) is 2.48. The lowest BCUT2D eigenvalue weighted by Gasteiger charge is -2.02. The van der Waals surface area contributed by atoms with Crippen molar-refractivity contribution in [3.8, 4) is 0 Å². The van der Waals surface area contributed by atoms with Crippen LogP contribution in [-0.4, -0.2) is 29.2 Å². The van der Waals surface area contributed by atoms with E-state index in [2.05, 4.69) is 9.72 Å². The Kier molecular flexibility index (Phi) is 3.02. The van der Waals surface area contributed by atoms with Gasteiger partial charge < -0.3 is 15.0 Å². The van der Waals surface area contributed by atoms with Crippen molar-refractivity contribution in [1.82, 2.24) is 9.55 Å². The molecule has 1 rings (SSSR count). The Hall–Kier alpha value is -1.36. The summed E-state index contributed by atoms with van der Waals surface area (Å²) >= 11 is 0. The molecule has 1 heterocycles. The van der Waals surface area contributed by atoms with Gasteiger partial charge in [0.2, 0.25) is 0 Å². The number of esters is 1. The molecule has 0 aliphatic rings. The van der Waals surface area contributed by atoms with Crippen molar-refractivity contribution in [1.29, 1.82) is 0 Å². The minimum Gasteiger partial charge on any atom is -0.464 e. The van der Waals surface area contributed by atoms with Gasteiger partial charge in [-0.05, 0) is 6.54 Å². The van der Waals surface area contributed by atoms with Crippen LogP contribution in [0.3, 0.4) is 0 Å². The molecule has 72 valence electrons. The van der Waals surface area contributed by atoms with Gasteiger partial charge in [-0.3, -0.25) is 0 Å². The zero-order chi connectivity index (χ0) is 9.84. The van der Waals surface area contributed by atoms with E-state index in [4.69, 9.17) is 5.73 Å². The maximum Gasteiger partial charge on any atom is 0.356 e. The smallest absolute Gasteiger partial charge is 0.356 e. The van der Waals surface area contributed by atoms with Crippen molar-refractivity contribution < 1.29 is 9.53 Å². The first-order valence-corrected chi connectivity index (χ1v) is 3.99. The second-order valence-corrected chi connectivity index (χ2v) is 2.65. The summed E-state index contributed by atoms with van der Waals surface area (Å²) in [6.07, 6.45) is 2.16. The van der Waals surface area contributed by atoms with E-state index < -0.39 is 0 Å². The number of ether oxygens (including phenoxy) is 1. The van der Waals surface area contributed by atoms with Crippen LogP contribution in [0.1, 0.15) is 16.3 Å². The predicted molar refractivity (Wildman–Crippen MR) is 47.3 cm³/mol. The zero-order valence-electron chi connectivity index (χ0n) is 7.78. The molecular formula is C8H13N3O2. The van der Waals surface area contributed by atoms with E-state index in [0.717, 1.165) is 5.82 Å². The average molecular weight is 183 g/mol. The van der Waals surface area contributed by atoms with Crippen LogP contribution in [0.25, 0.3) is 0 Å². The fraction of sp³-hybridized carbons (Fsp3) is 0.500. The highest BCUT2D eigenvalue weighted by Crippen LogP contribution is 2.04. The number of rotatable bonds is 3. The normalized spacial score (nSPS) is 10.1.